The van der Waals surface area contributed by atoms with Gasteiger partial charge in [-0.15, -0.1) is 0 Å². The molecule has 1 aromatic carbocycles. The van der Waals surface area contributed by atoms with E-state index in [-0.39, 0.29) is 23.4 Å². The maximum Gasteiger partial charge on any atom is 0.249 e. The molecule has 2 rings (SSSR count). The largest absolute Gasteiger partial charge is 0.340 e. The van der Waals surface area contributed by atoms with Gasteiger partial charge >= 0.3 is 0 Å². The van der Waals surface area contributed by atoms with E-state index >= 15 is 0 Å². The van der Waals surface area contributed by atoms with Gasteiger partial charge in [0.15, 0.2) is 0 Å². The molecule has 0 bridgehead atoms. The first-order chi connectivity index (χ1) is 9.80. The van der Waals surface area contributed by atoms with Crippen LogP contribution in [0.3, 0.4) is 0 Å². The summed E-state index contributed by atoms with van der Waals surface area (Å²) in [7, 11) is 0. The van der Waals surface area contributed by atoms with E-state index in [1.54, 1.807) is 19.9 Å². The molecule has 1 aromatic rings. The average Bonchev–Trinajstić information content (AvgIpc) is 2.46. The Morgan fingerprint density at radius 1 is 1.43 bits per heavy atom. The van der Waals surface area contributed by atoms with Crippen LogP contribution >= 0.6 is 11.6 Å². The Bertz CT molecular complexity index is 593. The fourth-order valence-corrected chi connectivity index (χ4v) is 2.55. The standard InChI is InChI=1S/C15H18ClFN2O2/c1-4-15(3)14(21)19(9(2)13(20)18-15)8-10-6-5-7-11(17)12(10)16/h5-7,9H,4,8H2,1-3H3,(H,18,20). The van der Waals surface area contributed by atoms with Crippen molar-refractivity contribution in [2.75, 3.05) is 0 Å². The fourth-order valence-electron chi connectivity index (χ4n) is 2.37. The van der Waals surface area contributed by atoms with Gasteiger partial charge in [-0.3, -0.25) is 9.59 Å². The summed E-state index contributed by atoms with van der Waals surface area (Å²) in [5.74, 6) is -0.933. The third kappa shape index (κ3) is 2.75. The van der Waals surface area contributed by atoms with Crippen LogP contribution in [0.4, 0.5) is 4.39 Å². The van der Waals surface area contributed by atoms with Gasteiger partial charge in [0, 0.05) is 6.54 Å². The summed E-state index contributed by atoms with van der Waals surface area (Å²) in [6.07, 6.45) is 0.484. The van der Waals surface area contributed by atoms with Crippen molar-refractivity contribution in [1.29, 1.82) is 0 Å². The molecule has 0 radical (unpaired) electrons. The molecule has 2 unspecified atom stereocenters. The van der Waals surface area contributed by atoms with Gasteiger partial charge < -0.3 is 10.2 Å². The van der Waals surface area contributed by atoms with Crippen LogP contribution in [0.5, 0.6) is 0 Å². The number of nitrogens with one attached hydrogen (secondary N) is 1. The first-order valence-electron chi connectivity index (χ1n) is 6.86. The molecule has 0 aliphatic carbocycles. The highest BCUT2D eigenvalue weighted by atomic mass is 35.5. The Morgan fingerprint density at radius 3 is 2.71 bits per heavy atom. The van der Waals surface area contributed by atoms with Crippen molar-refractivity contribution in [2.45, 2.75) is 45.3 Å². The molecular formula is C15H18ClFN2O2. The summed E-state index contributed by atoms with van der Waals surface area (Å²) in [4.78, 5) is 26.1. The van der Waals surface area contributed by atoms with Gasteiger partial charge in [0.05, 0.1) is 5.02 Å². The molecule has 114 valence electrons. The molecule has 1 aliphatic rings. The van der Waals surface area contributed by atoms with Crippen molar-refractivity contribution in [3.63, 3.8) is 0 Å². The van der Waals surface area contributed by atoms with Crippen molar-refractivity contribution >= 4 is 23.4 Å². The van der Waals surface area contributed by atoms with Crippen LogP contribution in [-0.4, -0.2) is 28.3 Å². The summed E-state index contributed by atoms with van der Waals surface area (Å²) in [5, 5.41) is 2.73. The van der Waals surface area contributed by atoms with E-state index in [0.29, 0.717) is 12.0 Å². The topological polar surface area (TPSA) is 49.4 Å². The monoisotopic (exact) mass is 312 g/mol. The summed E-state index contributed by atoms with van der Waals surface area (Å²) in [5.41, 5.74) is -0.436. The molecule has 6 heteroatoms. The van der Waals surface area contributed by atoms with E-state index < -0.39 is 17.4 Å². The lowest BCUT2D eigenvalue weighted by atomic mass is 9.92. The second kappa shape index (κ2) is 5.64. The second-order valence-electron chi connectivity index (χ2n) is 5.50. The third-order valence-corrected chi connectivity index (χ3v) is 4.48. The van der Waals surface area contributed by atoms with Crippen LogP contribution in [0, 0.1) is 5.82 Å². The Hall–Kier alpha value is -1.62. The molecule has 1 saturated heterocycles. The van der Waals surface area contributed by atoms with Gasteiger partial charge in [-0.25, -0.2) is 4.39 Å². The Labute approximate surface area is 128 Å². The maximum absolute atomic E-state index is 13.5. The lowest BCUT2D eigenvalue weighted by molar-refractivity contribution is -0.154. The van der Waals surface area contributed by atoms with Gasteiger partial charge in [-0.1, -0.05) is 30.7 Å². The Kier molecular flexibility index (Phi) is 4.23. The number of halogens is 2. The first-order valence-corrected chi connectivity index (χ1v) is 7.24. The van der Waals surface area contributed by atoms with Crippen molar-refractivity contribution in [3.05, 3.63) is 34.6 Å². The van der Waals surface area contributed by atoms with Crippen molar-refractivity contribution in [2.24, 2.45) is 0 Å². The SMILES string of the molecule is CCC1(C)NC(=O)C(C)N(Cc2cccc(F)c2Cl)C1=O. The summed E-state index contributed by atoms with van der Waals surface area (Å²) < 4.78 is 13.5. The minimum absolute atomic E-state index is 0.0123. The number of carbonyl (C=O) groups excluding carboxylic acids is 2. The molecule has 21 heavy (non-hydrogen) atoms. The molecule has 2 amide bonds. The summed E-state index contributed by atoms with van der Waals surface area (Å²) in [6, 6.07) is 3.84. The summed E-state index contributed by atoms with van der Waals surface area (Å²) >= 11 is 5.94. The van der Waals surface area contributed by atoms with Gasteiger partial charge in [0.2, 0.25) is 11.8 Å². The average molecular weight is 313 g/mol. The van der Waals surface area contributed by atoms with Crippen molar-refractivity contribution < 1.29 is 14.0 Å². The van der Waals surface area contributed by atoms with Gasteiger partial charge in [-0.2, -0.15) is 0 Å². The molecule has 1 fully saturated rings. The second-order valence-corrected chi connectivity index (χ2v) is 5.87. The lowest BCUT2D eigenvalue weighted by Gasteiger charge is -2.43. The quantitative estimate of drug-likeness (QED) is 0.932. The van der Waals surface area contributed by atoms with Gasteiger partial charge in [0.1, 0.15) is 17.4 Å². The number of amides is 2. The molecule has 1 heterocycles. The third-order valence-electron chi connectivity index (χ3n) is 4.06. The number of carbonyl (C=O) groups is 2. The van der Waals surface area contributed by atoms with Crippen molar-refractivity contribution in [3.8, 4) is 0 Å². The number of piperazine rings is 1. The zero-order valence-corrected chi connectivity index (χ0v) is 13.0. The molecule has 0 spiro atoms. The van der Waals surface area contributed by atoms with Crippen LogP contribution in [0.25, 0.3) is 0 Å². The highest BCUT2D eigenvalue weighted by Gasteiger charge is 2.45. The zero-order valence-electron chi connectivity index (χ0n) is 12.2. The van der Waals surface area contributed by atoms with Gasteiger partial charge in [0.25, 0.3) is 0 Å². The van der Waals surface area contributed by atoms with Gasteiger partial charge in [-0.05, 0) is 31.9 Å². The minimum atomic E-state index is -0.927. The predicted molar refractivity (Wildman–Crippen MR) is 78.3 cm³/mol. The molecular weight excluding hydrogens is 295 g/mol. The number of benzene rings is 1. The number of nitrogens with zero attached hydrogens (tertiary/aromatic N) is 1. The molecule has 2 atom stereocenters. The molecule has 0 saturated carbocycles. The number of hydrogen-bond donors (Lipinski definition) is 1. The van der Waals surface area contributed by atoms with E-state index in [9.17, 15) is 14.0 Å². The van der Waals surface area contributed by atoms with E-state index in [1.807, 2.05) is 6.92 Å². The Balaban J connectivity index is 2.34. The van der Waals surface area contributed by atoms with E-state index in [4.69, 9.17) is 11.6 Å². The number of rotatable bonds is 3. The fraction of sp³-hybridized carbons (Fsp3) is 0.467. The minimum Gasteiger partial charge on any atom is -0.340 e. The van der Waals surface area contributed by atoms with Crippen LogP contribution in [0.1, 0.15) is 32.8 Å². The summed E-state index contributed by atoms with van der Waals surface area (Å²) in [6.45, 7) is 5.29. The maximum atomic E-state index is 13.5. The van der Waals surface area contributed by atoms with E-state index in [0.717, 1.165) is 0 Å². The van der Waals surface area contributed by atoms with Crippen LogP contribution < -0.4 is 5.32 Å². The number of hydrogen-bond acceptors (Lipinski definition) is 2. The normalized spacial score (nSPS) is 26.0. The van der Waals surface area contributed by atoms with Crippen LogP contribution in [-0.2, 0) is 16.1 Å². The zero-order chi connectivity index (χ0) is 15.8. The van der Waals surface area contributed by atoms with E-state index in [2.05, 4.69) is 5.32 Å². The smallest absolute Gasteiger partial charge is 0.249 e. The van der Waals surface area contributed by atoms with Crippen molar-refractivity contribution in [1.82, 2.24) is 10.2 Å². The highest BCUT2D eigenvalue weighted by molar-refractivity contribution is 6.31. The Morgan fingerprint density at radius 2 is 2.10 bits per heavy atom. The highest BCUT2D eigenvalue weighted by Crippen LogP contribution is 2.26. The van der Waals surface area contributed by atoms with Crippen LogP contribution in [0.2, 0.25) is 5.02 Å². The predicted octanol–water partition coefficient (Wildman–Crippen LogP) is 2.49. The molecule has 0 aromatic heterocycles. The molecule has 1 aliphatic heterocycles. The van der Waals surface area contributed by atoms with Crippen LogP contribution in [0.15, 0.2) is 18.2 Å². The lowest BCUT2D eigenvalue weighted by Crippen LogP contribution is -2.68. The molecule has 1 N–H and O–H groups in total. The first kappa shape index (κ1) is 15.8. The molecule has 4 nitrogen and oxygen atoms in total. The van der Waals surface area contributed by atoms with E-state index in [1.165, 1.54) is 17.0 Å².